The summed E-state index contributed by atoms with van der Waals surface area (Å²) in [4.78, 5) is 4.68. The fraction of sp³-hybridized carbons (Fsp3) is 0.438. The molecule has 0 aliphatic rings. The van der Waals surface area contributed by atoms with Gasteiger partial charge in [0.2, 0.25) is 0 Å². The Morgan fingerprint density at radius 2 is 1.59 bits per heavy atom. The van der Waals surface area contributed by atoms with Gasteiger partial charge in [0.25, 0.3) is 0 Å². The minimum Gasteiger partial charge on any atom is -0.256 e. The first-order valence-corrected chi connectivity index (χ1v) is 6.40. The lowest BCUT2D eigenvalue weighted by molar-refractivity contribution is 0.848. The van der Waals surface area contributed by atoms with E-state index < -0.39 is 0 Å². The predicted molar refractivity (Wildman–Crippen MR) is 74.7 cm³/mol. The number of fused-ring (bicyclic) bond motifs is 1. The van der Waals surface area contributed by atoms with Crippen LogP contribution in [0.15, 0.2) is 24.4 Å². The first-order chi connectivity index (χ1) is 8.02. The van der Waals surface area contributed by atoms with E-state index in [1.54, 1.807) is 0 Å². The van der Waals surface area contributed by atoms with E-state index in [1.165, 1.54) is 27.6 Å². The largest absolute Gasteiger partial charge is 0.256 e. The normalized spacial score (nSPS) is 11.7. The summed E-state index contributed by atoms with van der Waals surface area (Å²) in [5.74, 6) is 1.06. The topological polar surface area (TPSA) is 12.9 Å². The van der Waals surface area contributed by atoms with E-state index in [0.717, 1.165) is 0 Å². The van der Waals surface area contributed by atoms with Crippen molar-refractivity contribution in [3.8, 4) is 0 Å². The number of nitrogens with zero attached hydrogens (tertiary/aromatic N) is 1. The first-order valence-electron chi connectivity index (χ1n) is 6.40. The molecule has 90 valence electrons. The molecule has 0 saturated carbocycles. The van der Waals surface area contributed by atoms with E-state index in [0.29, 0.717) is 11.8 Å². The fourth-order valence-corrected chi connectivity index (χ4v) is 2.44. The van der Waals surface area contributed by atoms with Crippen LogP contribution in [0.3, 0.4) is 0 Å². The van der Waals surface area contributed by atoms with Gasteiger partial charge in [0.15, 0.2) is 0 Å². The van der Waals surface area contributed by atoms with Crippen molar-refractivity contribution in [2.45, 2.75) is 46.5 Å². The fourth-order valence-electron chi connectivity index (χ4n) is 2.44. The molecule has 0 aliphatic heterocycles. The van der Waals surface area contributed by atoms with Gasteiger partial charge >= 0.3 is 0 Å². The van der Waals surface area contributed by atoms with Crippen molar-refractivity contribution in [2.24, 2.45) is 0 Å². The van der Waals surface area contributed by atoms with Crippen molar-refractivity contribution in [3.63, 3.8) is 0 Å². The summed E-state index contributed by atoms with van der Waals surface area (Å²) >= 11 is 0. The molecule has 0 aliphatic carbocycles. The van der Waals surface area contributed by atoms with E-state index >= 15 is 0 Å². The molecular formula is C16H21N. The second kappa shape index (κ2) is 4.48. The van der Waals surface area contributed by atoms with E-state index in [9.17, 15) is 0 Å². The zero-order chi connectivity index (χ0) is 12.6. The Kier molecular flexibility index (Phi) is 3.19. The Morgan fingerprint density at radius 1 is 0.941 bits per heavy atom. The zero-order valence-corrected chi connectivity index (χ0v) is 11.4. The number of aryl methyl sites for hydroxylation is 1. The number of para-hydroxylation sites is 1. The Balaban J connectivity index is 2.76. The predicted octanol–water partition coefficient (Wildman–Crippen LogP) is 4.79. The monoisotopic (exact) mass is 227 g/mol. The van der Waals surface area contributed by atoms with Gasteiger partial charge in [0.1, 0.15) is 0 Å². The maximum absolute atomic E-state index is 4.68. The molecule has 2 aromatic rings. The van der Waals surface area contributed by atoms with Gasteiger partial charge in [0.05, 0.1) is 5.52 Å². The summed E-state index contributed by atoms with van der Waals surface area (Å²) in [7, 11) is 0. The van der Waals surface area contributed by atoms with Crippen molar-refractivity contribution in [2.75, 3.05) is 0 Å². The Hall–Kier alpha value is -1.37. The van der Waals surface area contributed by atoms with Crippen LogP contribution in [-0.2, 0) is 0 Å². The molecule has 0 saturated heterocycles. The molecule has 2 rings (SSSR count). The molecule has 0 spiro atoms. The maximum atomic E-state index is 4.68. The molecule has 1 heteroatoms. The molecule has 1 heterocycles. The van der Waals surface area contributed by atoms with Gasteiger partial charge in [-0.3, -0.25) is 4.98 Å². The summed E-state index contributed by atoms with van der Waals surface area (Å²) in [6, 6.07) is 6.53. The van der Waals surface area contributed by atoms with Crippen LogP contribution in [0.25, 0.3) is 10.9 Å². The average Bonchev–Trinajstić information content (AvgIpc) is 2.28. The highest BCUT2D eigenvalue weighted by Crippen LogP contribution is 2.29. The van der Waals surface area contributed by atoms with Gasteiger partial charge in [-0.1, -0.05) is 45.9 Å². The summed E-state index contributed by atoms with van der Waals surface area (Å²) < 4.78 is 0. The van der Waals surface area contributed by atoms with Crippen LogP contribution < -0.4 is 0 Å². The summed E-state index contributed by atoms with van der Waals surface area (Å²) in [6.45, 7) is 11.1. The van der Waals surface area contributed by atoms with Gasteiger partial charge in [-0.25, -0.2) is 0 Å². The van der Waals surface area contributed by atoms with Crippen LogP contribution in [-0.4, -0.2) is 4.98 Å². The number of benzene rings is 1. The highest BCUT2D eigenvalue weighted by atomic mass is 14.7. The van der Waals surface area contributed by atoms with E-state index in [2.05, 4.69) is 57.8 Å². The quantitative estimate of drug-likeness (QED) is 0.718. The molecule has 0 radical (unpaired) electrons. The summed E-state index contributed by atoms with van der Waals surface area (Å²) in [5, 5.41) is 1.31. The molecule has 0 amide bonds. The third-order valence-electron chi connectivity index (χ3n) is 3.48. The van der Waals surface area contributed by atoms with E-state index in [4.69, 9.17) is 0 Å². The second-order valence-electron chi connectivity index (χ2n) is 5.39. The van der Waals surface area contributed by atoms with Crippen LogP contribution >= 0.6 is 0 Å². The van der Waals surface area contributed by atoms with E-state index in [-0.39, 0.29) is 0 Å². The lowest BCUT2D eigenvalue weighted by Crippen LogP contribution is -1.98. The minimum absolute atomic E-state index is 0.524. The second-order valence-corrected chi connectivity index (χ2v) is 5.39. The van der Waals surface area contributed by atoms with Gasteiger partial charge < -0.3 is 0 Å². The summed E-state index contributed by atoms with van der Waals surface area (Å²) in [5.41, 5.74) is 5.26. The molecule has 0 N–H and O–H groups in total. The number of hydrogen-bond acceptors (Lipinski definition) is 1. The van der Waals surface area contributed by atoms with Crippen molar-refractivity contribution < 1.29 is 0 Å². The van der Waals surface area contributed by atoms with Crippen molar-refractivity contribution >= 4 is 10.9 Å². The van der Waals surface area contributed by atoms with Gasteiger partial charge in [-0.2, -0.15) is 0 Å². The Labute approximate surface area is 104 Å². The van der Waals surface area contributed by atoms with Crippen molar-refractivity contribution in [3.05, 3.63) is 41.1 Å². The van der Waals surface area contributed by atoms with E-state index in [1.807, 2.05) is 6.20 Å². The first kappa shape index (κ1) is 12.1. The minimum atomic E-state index is 0.524. The Morgan fingerprint density at radius 3 is 2.18 bits per heavy atom. The third-order valence-corrected chi connectivity index (χ3v) is 3.48. The molecule has 1 nitrogen and oxygen atoms in total. The molecule has 0 unspecified atom stereocenters. The maximum Gasteiger partial charge on any atom is 0.0739 e. The van der Waals surface area contributed by atoms with Crippen LogP contribution in [0.5, 0.6) is 0 Å². The van der Waals surface area contributed by atoms with Gasteiger partial charge in [0, 0.05) is 11.6 Å². The smallest absolute Gasteiger partial charge is 0.0739 e. The molecule has 1 aromatic carbocycles. The van der Waals surface area contributed by atoms with Crippen LogP contribution in [0.1, 0.15) is 56.2 Å². The van der Waals surface area contributed by atoms with Gasteiger partial charge in [-0.05, 0) is 35.4 Å². The number of pyridine rings is 1. The van der Waals surface area contributed by atoms with Crippen LogP contribution in [0, 0.1) is 6.92 Å². The van der Waals surface area contributed by atoms with Gasteiger partial charge in [-0.15, -0.1) is 0 Å². The molecule has 0 bridgehead atoms. The summed E-state index contributed by atoms with van der Waals surface area (Å²) in [6.07, 6.45) is 2.05. The van der Waals surface area contributed by atoms with Crippen LogP contribution in [0.2, 0.25) is 0 Å². The number of aromatic nitrogens is 1. The molecule has 17 heavy (non-hydrogen) atoms. The molecule has 1 aromatic heterocycles. The third kappa shape index (κ3) is 2.06. The standard InChI is InChI=1S/C16H21N/c1-10(2)13-7-6-8-14-12(5)15(11(3)4)9-17-16(13)14/h6-11H,1-5H3. The average molecular weight is 227 g/mol. The van der Waals surface area contributed by atoms with Crippen molar-refractivity contribution in [1.29, 1.82) is 0 Å². The molecular weight excluding hydrogens is 206 g/mol. The molecule has 0 fully saturated rings. The zero-order valence-electron chi connectivity index (χ0n) is 11.4. The Bertz CT molecular complexity index is 538. The van der Waals surface area contributed by atoms with Crippen LogP contribution in [0.4, 0.5) is 0 Å². The molecule has 0 atom stereocenters. The SMILES string of the molecule is Cc1c(C(C)C)cnc2c(C(C)C)cccc12. The number of rotatable bonds is 2. The lowest BCUT2D eigenvalue weighted by Gasteiger charge is -2.15. The lowest BCUT2D eigenvalue weighted by atomic mass is 9.93. The highest BCUT2D eigenvalue weighted by Gasteiger charge is 2.11. The highest BCUT2D eigenvalue weighted by molar-refractivity contribution is 5.86. The number of hydrogen-bond donors (Lipinski definition) is 0. The van der Waals surface area contributed by atoms with Crippen molar-refractivity contribution in [1.82, 2.24) is 4.98 Å².